The van der Waals surface area contributed by atoms with Crippen molar-refractivity contribution in [1.82, 2.24) is 0 Å². The average Bonchev–Trinajstić information content (AvgIpc) is 3.10. The van der Waals surface area contributed by atoms with Crippen LogP contribution in [0.25, 0.3) is 0 Å². The van der Waals surface area contributed by atoms with Gasteiger partial charge in [-0.15, -0.1) is 0 Å². The Hall–Kier alpha value is -2.29. The van der Waals surface area contributed by atoms with Gasteiger partial charge in [0.2, 0.25) is 0 Å². The number of hydrogen-bond acceptors (Lipinski definition) is 1. The molecule has 3 heteroatoms. The van der Waals surface area contributed by atoms with Gasteiger partial charge in [0.25, 0.3) is 0 Å². The molecule has 2 aromatic carbocycles. The number of nitrogens with one attached hydrogen (secondary N) is 2. The molecule has 272 valence electrons. The van der Waals surface area contributed by atoms with E-state index in [0.29, 0.717) is 0 Å². The van der Waals surface area contributed by atoms with Crippen LogP contribution in [-0.2, 0) is 12.8 Å². The minimum Gasteiger partial charge on any atom is -0.308 e. The fourth-order valence-corrected chi connectivity index (χ4v) is 6.85. The average molecular weight is 661 g/mol. The summed E-state index contributed by atoms with van der Waals surface area (Å²) < 4.78 is 0. The lowest BCUT2D eigenvalue weighted by Crippen LogP contribution is -2.19. The highest BCUT2D eigenvalue weighted by Crippen LogP contribution is 2.18. The van der Waals surface area contributed by atoms with Crippen LogP contribution in [-0.4, -0.2) is 6.03 Å². The number of rotatable bonds is 32. The first-order valence-electron chi connectivity index (χ1n) is 21.0. The number of anilines is 2. The van der Waals surface area contributed by atoms with E-state index in [9.17, 15) is 4.79 Å². The number of carbonyl (C=O) groups excluding carboxylic acids is 1. The summed E-state index contributed by atoms with van der Waals surface area (Å²) in [4.78, 5) is 12.6. The number of hydrogen-bond donors (Lipinski definition) is 2. The first-order chi connectivity index (χ1) is 23.7. The second kappa shape index (κ2) is 30.7. The zero-order valence-electron chi connectivity index (χ0n) is 31.7. The van der Waals surface area contributed by atoms with E-state index < -0.39 is 0 Å². The molecule has 0 aromatic heterocycles. The van der Waals surface area contributed by atoms with Gasteiger partial charge < -0.3 is 10.6 Å². The smallest absolute Gasteiger partial charge is 0.308 e. The van der Waals surface area contributed by atoms with Gasteiger partial charge in [-0.25, -0.2) is 4.79 Å². The van der Waals surface area contributed by atoms with Crippen molar-refractivity contribution in [2.75, 3.05) is 10.6 Å². The molecule has 0 atom stereocenters. The molecule has 3 nitrogen and oxygen atoms in total. The second-order valence-corrected chi connectivity index (χ2v) is 14.7. The lowest BCUT2D eigenvalue weighted by Gasteiger charge is -2.09. The third-order valence-electron chi connectivity index (χ3n) is 10.1. The van der Waals surface area contributed by atoms with E-state index in [1.165, 1.54) is 191 Å². The quantitative estimate of drug-likeness (QED) is 0.0753. The highest BCUT2D eigenvalue weighted by molar-refractivity contribution is 5.99. The predicted octanol–water partition coefficient (Wildman–Crippen LogP) is 15.4. The van der Waals surface area contributed by atoms with E-state index in [2.05, 4.69) is 48.7 Å². The van der Waals surface area contributed by atoms with Crippen molar-refractivity contribution in [2.24, 2.45) is 0 Å². The second-order valence-electron chi connectivity index (χ2n) is 14.7. The van der Waals surface area contributed by atoms with E-state index >= 15 is 0 Å². The molecule has 2 N–H and O–H groups in total. The molecular formula is C45H76N2O. The maximum atomic E-state index is 12.6. The van der Waals surface area contributed by atoms with E-state index in [1.807, 2.05) is 24.3 Å². The summed E-state index contributed by atoms with van der Waals surface area (Å²) in [6, 6.07) is 16.5. The van der Waals surface area contributed by atoms with Crippen LogP contribution in [0.1, 0.15) is 205 Å². The van der Waals surface area contributed by atoms with Crippen LogP contribution in [0, 0.1) is 0 Å². The zero-order chi connectivity index (χ0) is 34.2. The summed E-state index contributed by atoms with van der Waals surface area (Å²) >= 11 is 0. The third-order valence-corrected chi connectivity index (χ3v) is 10.1. The summed E-state index contributed by atoms with van der Waals surface area (Å²) in [5.74, 6) is 0. The Labute approximate surface area is 298 Å². The van der Waals surface area contributed by atoms with E-state index in [4.69, 9.17) is 0 Å². The van der Waals surface area contributed by atoms with Gasteiger partial charge in [0.05, 0.1) is 0 Å². The van der Waals surface area contributed by atoms with Gasteiger partial charge in [-0.05, 0) is 61.1 Å². The molecule has 0 aliphatic rings. The Morgan fingerprint density at radius 1 is 0.354 bits per heavy atom. The summed E-state index contributed by atoms with van der Waals surface area (Å²) in [7, 11) is 0. The first kappa shape index (κ1) is 41.9. The molecule has 0 spiro atoms. The van der Waals surface area contributed by atoms with Crippen LogP contribution in [0.15, 0.2) is 48.5 Å². The lowest BCUT2D eigenvalue weighted by atomic mass is 10.0. The van der Waals surface area contributed by atoms with Gasteiger partial charge in [0, 0.05) is 11.4 Å². The lowest BCUT2D eigenvalue weighted by molar-refractivity contribution is 0.262. The Bertz CT molecular complexity index is 904. The number of carbonyl (C=O) groups is 1. The van der Waals surface area contributed by atoms with Gasteiger partial charge in [-0.1, -0.05) is 205 Å². The highest BCUT2D eigenvalue weighted by Gasteiger charge is 2.04. The first-order valence-corrected chi connectivity index (χ1v) is 21.0. The third kappa shape index (κ3) is 23.9. The summed E-state index contributed by atoms with van der Waals surface area (Å²) in [6.45, 7) is 4.58. The molecule has 0 aliphatic heterocycles. The highest BCUT2D eigenvalue weighted by atomic mass is 16.2. The minimum absolute atomic E-state index is 0.186. The van der Waals surface area contributed by atoms with Crippen LogP contribution in [0.2, 0.25) is 0 Å². The molecule has 0 saturated heterocycles. The topological polar surface area (TPSA) is 41.1 Å². The molecule has 2 rings (SSSR count). The summed E-state index contributed by atoms with van der Waals surface area (Å²) in [5, 5.41) is 5.97. The molecular weight excluding hydrogens is 585 g/mol. The molecule has 48 heavy (non-hydrogen) atoms. The van der Waals surface area contributed by atoms with Gasteiger partial charge in [0.1, 0.15) is 0 Å². The summed E-state index contributed by atoms with van der Waals surface area (Å²) in [6.07, 6.45) is 41.3. The number of aryl methyl sites for hydroxylation is 2. The van der Waals surface area contributed by atoms with Crippen molar-refractivity contribution >= 4 is 17.4 Å². The molecule has 2 amide bonds. The van der Waals surface area contributed by atoms with Crippen LogP contribution in [0.5, 0.6) is 0 Å². The number of unbranched alkanes of at least 4 members (excludes halogenated alkanes) is 26. The SMILES string of the molecule is CCCCCCCCCCCCCCCCc1ccc(NC(=O)Nc2ccc(CCCCCCCCCCCCCCCC)cc2)cc1. The van der Waals surface area contributed by atoms with Crippen LogP contribution >= 0.6 is 0 Å². The molecule has 2 aromatic rings. The van der Waals surface area contributed by atoms with Gasteiger partial charge in [-0.2, -0.15) is 0 Å². The molecule has 0 fully saturated rings. The van der Waals surface area contributed by atoms with Crippen molar-refractivity contribution in [3.63, 3.8) is 0 Å². The molecule has 0 unspecified atom stereocenters. The Kier molecular flexibility index (Phi) is 26.8. The molecule has 0 heterocycles. The largest absolute Gasteiger partial charge is 0.323 e. The Balaban J connectivity index is 1.43. The Morgan fingerprint density at radius 3 is 0.833 bits per heavy atom. The number of amides is 2. The van der Waals surface area contributed by atoms with Gasteiger partial charge in [0.15, 0.2) is 0 Å². The maximum Gasteiger partial charge on any atom is 0.323 e. The maximum absolute atomic E-state index is 12.6. The van der Waals surface area contributed by atoms with Crippen molar-refractivity contribution in [2.45, 2.75) is 206 Å². The molecule has 0 saturated carbocycles. The monoisotopic (exact) mass is 661 g/mol. The standard InChI is InChI=1S/C45H76N2O/c1-3-5-7-9-11-13-15-17-19-21-23-25-27-29-31-41-33-37-43(38-34-41)46-45(48)47-44-39-35-42(36-40-44)32-30-28-26-24-22-20-18-16-14-12-10-8-6-4-2/h33-40H,3-32H2,1-2H3,(H2,46,47,48). The van der Waals surface area contributed by atoms with E-state index in [0.717, 1.165) is 24.2 Å². The van der Waals surface area contributed by atoms with Gasteiger partial charge in [-0.3, -0.25) is 0 Å². The molecule has 0 bridgehead atoms. The summed E-state index contributed by atoms with van der Waals surface area (Å²) in [5.41, 5.74) is 4.39. The zero-order valence-corrected chi connectivity index (χ0v) is 31.7. The fraction of sp³-hybridized carbons (Fsp3) is 0.711. The van der Waals surface area contributed by atoms with E-state index in [1.54, 1.807) is 0 Å². The Morgan fingerprint density at radius 2 is 0.583 bits per heavy atom. The number of benzene rings is 2. The van der Waals surface area contributed by atoms with Crippen LogP contribution in [0.4, 0.5) is 16.2 Å². The van der Waals surface area contributed by atoms with Crippen LogP contribution < -0.4 is 10.6 Å². The van der Waals surface area contributed by atoms with Crippen molar-refractivity contribution < 1.29 is 4.79 Å². The fourth-order valence-electron chi connectivity index (χ4n) is 6.85. The van der Waals surface area contributed by atoms with E-state index in [-0.39, 0.29) is 6.03 Å². The van der Waals surface area contributed by atoms with Crippen molar-refractivity contribution in [1.29, 1.82) is 0 Å². The number of urea groups is 1. The van der Waals surface area contributed by atoms with Crippen LogP contribution in [0.3, 0.4) is 0 Å². The molecule has 0 aliphatic carbocycles. The van der Waals surface area contributed by atoms with Gasteiger partial charge >= 0.3 is 6.03 Å². The van der Waals surface area contributed by atoms with Crippen molar-refractivity contribution in [3.05, 3.63) is 59.7 Å². The molecule has 0 radical (unpaired) electrons. The van der Waals surface area contributed by atoms with Crippen molar-refractivity contribution in [3.8, 4) is 0 Å². The minimum atomic E-state index is -0.186. The normalized spacial score (nSPS) is 11.2. The predicted molar refractivity (Wildman–Crippen MR) is 214 cm³/mol.